The van der Waals surface area contributed by atoms with E-state index in [1.54, 1.807) is 11.3 Å². The minimum atomic E-state index is 0.760. The number of nitrogens with one attached hydrogen (secondary N) is 1. The van der Waals surface area contributed by atoms with Crippen LogP contribution in [0.1, 0.15) is 21.1 Å². The van der Waals surface area contributed by atoms with Gasteiger partial charge in [-0.05, 0) is 38.5 Å². The van der Waals surface area contributed by atoms with Gasteiger partial charge in [-0.1, -0.05) is 17.7 Å². The van der Waals surface area contributed by atoms with Crippen LogP contribution in [0.5, 0.6) is 0 Å². The van der Waals surface area contributed by atoms with Crippen molar-refractivity contribution in [2.24, 2.45) is 0 Å². The molecule has 1 heterocycles. The van der Waals surface area contributed by atoms with E-state index < -0.39 is 0 Å². The minimum Gasteiger partial charge on any atom is -0.380 e. The maximum absolute atomic E-state index is 5.98. The van der Waals surface area contributed by atoms with E-state index in [1.807, 2.05) is 32.0 Å². The molecule has 4 heteroatoms. The molecule has 0 atom stereocenters. The molecule has 0 bridgehead atoms. The molecular weight excluding hydrogens is 252 g/mol. The smallest absolute Gasteiger partial charge is 0.0900 e. The van der Waals surface area contributed by atoms with Crippen LogP contribution >= 0.6 is 22.9 Å². The molecule has 17 heavy (non-hydrogen) atoms. The summed E-state index contributed by atoms with van der Waals surface area (Å²) in [5, 5.41) is 5.28. The molecule has 1 aromatic carbocycles. The number of thiazole rings is 1. The molecule has 0 spiro atoms. The fraction of sp³-hybridized carbons (Fsp3) is 0.308. The second-order valence-corrected chi connectivity index (χ2v) is 5.78. The van der Waals surface area contributed by atoms with Gasteiger partial charge in [0, 0.05) is 15.6 Å². The Balaban J connectivity index is 2.12. The van der Waals surface area contributed by atoms with Crippen LogP contribution < -0.4 is 5.32 Å². The highest BCUT2D eigenvalue weighted by molar-refractivity contribution is 7.11. The Labute approximate surface area is 111 Å². The van der Waals surface area contributed by atoms with E-state index in [2.05, 4.69) is 17.2 Å². The van der Waals surface area contributed by atoms with Gasteiger partial charge in [0.2, 0.25) is 0 Å². The molecule has 0 unspecified atom stereocenters. The van der Waals surface area contributed by atoms with E-state index in [-0.39, 0.29) is 0 Å². The summed E-state index contributed by atoms with van der Waals surface area (Å²) >= 11 is 7.72. The molecule has 0 aliphatic rings. The van der Waals surface area contributed by atoms with Crippen LogP contribution in [0.25, 0.3) is 0 Å². The number of rotatable bonds is 3. The number of aromatic nitrogens is 1. The number of aryl methyl sites for hydroxylation is 3. The first-order valence-electron chi connectivity index (χ1n) is 5.49. The SMILES string of the molecule is Cc1nc(C)c(CNc2cc(Cl)ccc2C)s1. The van der Waals surface area contributed by atoms with E-state index in [0.29, 0.717) is 0 Å². The van der Waals surface area contributed by atoms with E-state index in [1.165, 1.54) is 10.4 Å². The van der Waals surface area contributed by atoms with Crippen LogP contribution in [0.15, 0.2) is 18.2 Å². The Morgan fingerprint density at radius 3 is 2.71 bits per heavy atom. The van der Waals surface area contributed by atoms with Crippen molar-refractivity contribution in [3.8, 4) is 0 Å². The van der Waals surface area contributed by atoms with Gasteiger partial charge in [0.15, 0.2) is 0 Å². The average molecular weight is 267 g/mol. The zero-order valence-electron chi connectivity index (χ0n) is 10.2. The highest BCUT2D eigenvalue weighted by Gasteiger charge is 2.05. The Morgan fingerprint density at radius 2 is 2.06 bits per heavy atom. The van der Waals surface area contributed by atoms with Gasteiger partial charge in [-0.3, -0.25) is 0 Å². The van der Waals surface area contributed by atoms with Crippen LogP contribution in [-0.2, 0) is 6.54 Å². The van der Waals surface area contributed by atoms with Crippen molar-refractivity contribution in [3.63, 3.8) is 0 Å². The maximum atomic E-state index is 5.98. The lowest BCUT2D eigenvalue weighted by Gasteiger charge is -2.09. The summed E-state index contributed by atoms with van der Waals surface area (Å²) in [7, 11) is 0. The molecule has 2 nitrogen and oxygen atoms in total. The normalized spacial score (nSPS) is 10.6. The summed E-state index contributed by atoms with van der Waals surface area (Å²) in [4.78, 5) is 5.70. The summed E-state index contributed by atoms with van der Waals surface area (Å²) in [5.41, 5.74) is 3.40. The lowest BCUT2D eigenvalue weighted by molar-refractivity contribution is 1.10. The van der Waals surface area contributed by atoms with E-state index in [4.69, 9.17) is 11.6 Å². The van der Waals surface area contributed by atoms with Crippen LogP contribution in [0, 0.1) is 20.8 Å². The summed E-state index contributed by atoms with van der Waals surface area (Å²) in [6.07, 6.45) is 0. The van der Waals surface area contributed by atoms with Crippen molar-refractivity contribution >= 4 is 28.6 Å². The van der Waals surface area contributed by atoms with Gasteiger partial charge in [-0.25, -0.2) is 4.98 Å². The molecule has 0 aliphatic heterocycles. The highest BCUT2D eigenvalue weighted by atomic mass is 35.5. The van der Waals surface area contributed by atoms with Crippen molar-refractivity contribution in [1.82, 2.24) is 4.98 Å². The van der Waals surface area contributed by atoms with Gasteiger partial charge < -0.3 is 5.32 Å². The summed E-state index contributed by atoms with van der Waals surface area (Å²) < 4.78 is 0. The first-order chi connectivity index (χ1) is 8.06. The second kappa shape index (κ2) is 5.07. The predicted molar refractivity (Wildman–Crippen MR) is 75.1 cm³/mol. The number of nitrogens with zero attached hydrogens (tertiary/aromatic N) is 1. The zero-order chi connectivity index (χ0) is 12.4. The van der Waals surface area contributed by atoms with E-state index in [0.717, 1.165) is 28.0 Å². The van der Waals surface area contributed by atoms with Gasteiger partial charge in [-0.15, -0.1) is 11.3 Å². The molecule has 0 saturated heterocycles. The standard InChI is InChI=1S/C13H15ClN2S/c1-8-4-5-11(14)6-12(8)15-7-13-9(2)16-10(3)17-13/h4-6,15H,7H2,1-3H3. The Morgan fingerprint density at radius 1 is 1.29 bits per heavy atom. The molecule has 0 radical (unpaired) electrons. The van der Waals surface area contributed by atoms with Crippen molar-refractivity contribution < 1.29 is 0 Å². The minimum absolute atomic E-state index is 0.760. The van der Waals surface area contributed by atoms with Crippen molar-refractivity contribution in [2.75, 3.05) is 5.32 Å². The molecule has 0 fully saturated rings. The van der Waals surface area contributed by atoms with Gasteiger partial charge >= 0.3 is 0 Å². The topological polar surface area (TPSA) is 24.9 Å². The highest BCUT2D eigenvalue weighted by Crippen LogP contribution is 2.23. The monoisotopic (exact) mass is 266 g/mol. The number of anilines is 1. The summed E-state index contributed by atoms with van der Waals surface area (Å²) in [6, 6.07) is 5.89. The lowest BCUT2D eigenvalue weighted by atomic mass is 10.2. The van der Waals surface area contributed by atoms with Crippen LogP contribution in [0.3, 0.4) is 0 Å². The number of hydrogen-bond acceptors (Lipinski definition) is 3. The quantitative estimate of drug-likeness (QED) is 0.894. The predicted octanol–water partition coefficient (Wildman–Crippen LogP) is 4.33. The molecule has 1 N–H and O–H groups in total. The largest absolute Gasteiger partial charge is 0.380 e. The van der Waals surface area contributed by atoms with Gasteiger partial charge in [0.1, 0.15) is 0 Å². The Hall–Kier alpha value is -1.06. The molecule has 0 amide bonds. The van der Waals surface area contributed by atoms with Crippen LogP contribution in [0.4, 0.5) is 5.69 Å². The first-order valence-corrected chi connectivity index (χ1v) is 6.68. The third-order valence-electron chi connectivity index (χ3n) is 2.64. The van der Waals surface area contributed by atoms with Crippen molar-refractivity contribution in [3.05, 3.63) is 44.4 Å². The molecule has 90 valence electrons. The molecule has 0 saturated carbocycles. The van der Waals surface area contributed by atoms with Crippen LogP contribution in [-0.4, -0.2) is 4.98 Å². The lowest BCUT2D eigenvalue weighted by Crippen LogP contribution is -2.00. The first kappa shape index (κ1) is 12.4. The van der Waals surface area contributed by atoms with Crippen molar-refractivity contribution in [1.29, 1.82) is 0 Å². The summed E-state index contributed by atoms with van der Waals surface area (Å²) in [6.45, 7) is 6.96. The Kier molecular flexibility index (Phi) is 3.69. The molecule has 2 aromatic rings. The van der Waals surface area contributed by atoms with E-state index >= 15 is 0 Å². The molecule has 2 rings (SSSR count). The number of halogens is 1. The fourth-order valence-corrected chi connectivity index (χ4v) is 2.75. The third kappa shape index (κ3) is 2.99. The van der Waals surface area contributed by atoms with Gasteiger partial charge in [0.05, 0.1) is 17.2 Å². The number of benzene rings is 1. The van der Waals surface area contributed by atoms with Crippen molar-refractivity contribution in [2.45, 2.75) is 27.3 Å². The second-order valence-electron chi connectivity index (χ2n) is 4.05. The fourth-order valence-electron chi connectivity index (χ4n) is 1.70. The molecular formula is C13H15ClN2S. The van der Waals surface area contributed by atoms with Gasteiger partial charge in [-0.2, -0.15) is 0 Å². The van der Waals surface area contributed by atoms with E-state index in [9.17, 15) is 0 Å². The number of hydrogen-bond donors (Lipinski definition) is 1. The summed E-state index contributed by atoms with van der Waals surface area (Å²) in [5.74, 6) is 0. The zero-order valence-corrected chi connectivity index (χ0v) is 11.7. The molecule has 0 aliphatic carbocycles. The third-order valence-corrected chi connectivity index (χ3v) is 3.95. The van der Waals surface area contributed by atoms with Crippen LogP contribution in [0.2, 0.25) is 5.02 Å². The average Bonchev–Trinajstić information content (AvgIpc) is 2.59. The molecule has 1 aromatic heterocycles. The Bertz CT molecular complexity index is 534. The van der Waals surface area contributed by atoms with Gasteiger partial charge in [0.25, 0.3) is 0 Å². The maximum Gasteiger partial charge on any atom is 0.0900 e.